The van der Waals surface area contributed by atoms with Crippen LogP contribution in [0.2, 0.25) is 5.02 Å². The number of hydrogen-bond acceptors (Lipinski definition) is 3. The molecule has 0 spiro atoms. The third kappa shape index (κ3) is 5.28. The lowest BCUT2D eigenvalue weighted by atomic mass is 10.1. The van der Waals surface area contributed by atoms with Gasteiger partial charge in [0.05, 0.1) is 0 Å². The van der Waals surface area contributed by atoms with Gasteiger partial charge in [0, 0.05) is 24.5 Å². The van der Waals surface area contributed by atoms with Crippen molar-refractivity contribution in [2.45, 2.75) is 25.3 Å². The van der Waals surface area contributed by atoms with Crippen molar-refractivity contribution in [3.05, 3.63) is 34.9 Å². The van der Waals surface area contributed by atoms with E-state index in [0.717, 1.165) is 5.56 Å². The summed E-state index contributed by atoms with van der Waals surface area (Å²) >= 11 is 5.95. The molecule has 0 fully saturated rings. The Morgan fingerprint density at radius 2 is 2.00 bits per heavy atom. The third-order valence-corrected chi connectivity index (χ3v) is 3.00. The van der Waals surface area contributed by atoms with E-state index in [1.807, 2.05) is 12.1 Å². The number of hydrogen-bond donors (Lipinski definition) is 3. The fraction of sp³-hybridized carbons (Fsp3) is 0.385. The van der Waals surface area contributed by atoms with Crippen LogP contribution in [-0.2, 0) is 16.0 Å². The van der Waals surface area contributed by atoms with Gasteiger partial charge in [-0.05, 0) is 18.1 Å². The largest absolute Gasteiger partial charge is 0.480 e. The molecular weight excluding hydrogens is 270 g/mol. The van der Waals surface area contributed by atoms with Gasteiger partial charge in [0.15, 0.2) is 0 Å². The van der Waals surface area contributed by atoms with Crippen LogP contribution in [0.25, 0.3) is 0 Å². The van der Waals surface area contributed by atoms with Crippen LogP contribution < -0.4 is 5.32 Å². The van der Waals surface area contributed by atoms with E-state index < -0.39 is 12.0 Å². The Labute approximate surface area is 116 Å². The van der Waals surface area contributed by atoms with Crippen molar-refractivity contribution in [1.82, 2.24) is 5.32 Å². The molecule has 1 unspecified atom stereocenters. The molecule has 0 aliphatic carbocycles. The highest BCUT2D eigenvalue weighted by Crippen LogP contribution is 2.16. The lowest BCUT2D eigenvalue weighted by molar-refractivity contribution is -0.142. The Kier molecular flexibility index (Phi) is 6.32. The molecular formula is C13H16ClNO4. The number of carbonyl (C=O) groups is 2. The number of carboxylic acid groups (broad SMARTS) is 1. The fourth-order valence-electron chi connectivity index (χ4n) is 1.60. The number of halogens is 1. The minimum atomic E-state index is -1.15. The van der Waals surface area contributed by atoms with E-state index in [9.17, 15) is 9.59 Å². The summed E-state index contributed by atoms with van der Waals surface area (Å²) in [5.41, 5.74) is 0.841. The number of nitrogens with one attached hydrogen (secondary N) is 1. The molecule has 0 saturated heterocycles. The van der Waals surface area contributed by atoms with Crippen LogP contribution in [-0.4, -0.2) is 34.7 Å². The van der Waals surface area contributed by atoms with E-state index in [0.29, 0.717) is 11.4 Å². The summed E-state index contributed by atoms with van der Waals surface area (Å²) in [6.45, 7) is -0.290. The molecule has 1 rings (SSSR count). The summed E-state index contributed by atoms with van der Waals surface area (Å²) in [6.07, 6.45) is 0.586. The topological polar surface area (TPSA) is 86.6 Å². The Morgan fingerprint density at radius 3 is 2.58 bits per heavy atom. The number of carbonyl (C=O) groups excluding carboxylic acids is 1. The SMILES string of the molecule is O=C(CCc1ccccc1Cl)NC(CCO)C(=O)O. The van der Waals surface area contributed by atoms with Gasteiger partial charge in [0.2, 0.25) is 5.91 Å². The molecule has 3 N–H and O–H groups in total. The van der Waals surface area contributed by atoms with Crippen LogP contribution in [0, 0.1) is 0 Å². The average Bonchev–Trinajstić information content (AvgIpc) is 2.37. The molecule has 0 aromatic heterocycles. The van der Waals surface area contributed by atoms with E-state index in [-0.39, 0.29) is 25.4 Å². The molecule has 1 aromatic carbocycles. The minimum Gasteiger partial charge on any atom is -0.480 e. The Hall–Kier alpha value is -1.59. The summed E-state index contributed by atoms with van der Waals surface area (Å²) in [4.78, 5) is 22.4. The second kappa shape index (κ2) is 7.76. The van der Waals surface area contributed by atoms with E-state index in [1.54, 1.807) is 12.1 Å². The number of carboxylic acids is 1. The number of aliphatic hydroxyl groups is 1. The molecule has 6 heteroatoms. The molecule has 0 saturated carbocycles. The monoisotopic (exact) mass is 285 g/mol. The highest BCUT2D eigenvalue weighted by atomic mass is 35.5. The van der Waals surface area contributed by atoms with Gasteiger partial charge in [-0.25, -0.2) is 4.79 Å². The van der Waals surface area contributed by atoms with Gasteiger partial charge in [0.25, 0.3) is 0 Å². The molecule has 5 nitrogen and oxygen atoms in total. The maximum atomic E-state index is 11.6. The van der Waals surface area contributed by atoms with Gasteiger partial charge < -0.3 is 15.5 Å². The average molecular weight is 286 g/mol. The number of aliphatic carboxylic acids is 1. The molecule has 19 heavy (non-hydrogen) atoms. The molecule has 1 amide bonds. The summed E-state index contributed by atoms with van der Waals surface area (Å²) in [7, 11) is 0. The van der Waals surface area contributed by atoms with Crippen molar-refractivity contribution in [2.24, 2.45) is 0 Å². The van der Waals surface area contributed by atoms with Crippen LogP contribution in [0.15, 0.2) is 24.3 Å². The first-order chi connectivity index (χ1) is 9.04. The molecule has 1 atom stereocenters. The zero-order chi connectivity index (χ0) is 14.3. The van der Waals surface area contributed by atoms with Crippen LogP contribution in [0.4, 0.5) is 0 Å². The molecule has 0 aliphatic heterocycles. The summed E-state index contributed by atoms with van der Waals surface area (Å²) in [5.74, 6) is -1.53. The summed E-state index contributed by atoms with van der Waals surface area (Å²) in [6, 6.07) is 6.13. The molecule has 0 bridgehead atoms. The van der Waals surface area contributed by atoms with Crippen molar-refractivity contribution < 1.29 is 19.8 Å². The normalized spacial score (nSPS) is 11.9. The van der Waals surface area contributed by atoms with Gasteiger partial charge in [-0.1, -0.05) is 29.8 Å². The van der Waals surface area contributed by atoms with Crippen molar-refractivity contribution in [3.8, 4) is 0 Å². The van der Waals surface area contributed by atoms with Gasteiger partial charge in [-0.15, -0.1) is 0 Å². The first-order valence-electron chi connectivity index (χ1n) is 5.91. The lowest BCUT2D eigenvalue weighted by Crippen LogP contribution is -2.41. The van der Waals surface area contributed by atoms with Crippen LogP contribution in [0.3, 0.4) is 0 Å². The molecule has 104 valence electrons. The van der Waals surface area contributed by atoms with Crippen molar-refractivity contribution in [2.75, 3.05) is 6.61 Å². The molecule has 0 aliphatic rings. The number of rotatable bonds is 7. The van der Waals surface area contributed by atoms with E-state index in [2.05, 4.69) is 5.32 Å². The molecule has 1 aromatic rings. The maximum Gasteiger partial charge on any atom is 0.326 e. The summed E-state index contributed by atoms with van der Waals surface area (Å²) < 4.78 is 0. The predicted octanol–water partition coefficient (Wildman–Crippen LogP) is 1.22. The number of aliphatic hydroxyl groups excluding tert-OH is 1. The van der Waals surface area contributed by atoms with Crippen molar-refractivity contribution in [3.63, 3.8) is 0 Å². The van der Waals surface area contributed by atoms with Crippen LogP contribution >= 0.6 is 11.6 Å². The third-order valence-electron chi connectivity index (χ3n) is 2.63. The lowest BCUT2D eigenvalue weighted by Gasteiger charge is -2.13. The van der Waals surface area contributed by atoms with Gasteiger partial charge >= 0.3 is 5.97 Å². The van der Waals surface area contributed by atoms with E-state index in [1.165, 1.54) is 0 Å². The second-order valence-corrected chi connectivity index (χ2v) is 4.47. The van der Waals surface area contributed by atoms with Gasteiger partial charge in [-0.3, -0.25) is 4.79 Å². The standard InChI is InChI=1S/C13H16ClNO4/c14-10-4-2-1-3-9(10)5-6-12(17)15-11(7-8-16)13(18)19/h1-4,11,16H,5-8H2,(H,15,17)(H,18,19). The zero-order valence-corrected chi connectivity index (χ0v) is 11.1. The Bertz CT molecular complexity index is 450. The quantitative estimate of drug-likeness (QED) is 0.703. The maximum absolute atomic E-state index is 11.6. The van der Waals surface area contributed by atoms with Crippen molar-refractivity contribution >= 4 is 23.5 Å². The highest BCUT2D eigenvalue weighted by molar-refractivity contribution is 6.31. The Morgan fingerprint density at radius 1 is 1.32 bits per heavy atom. The second-order valence-electron chi connectivity index (χ2n) is 4.06. The van der Waals surface area contributed by atoms with E-state index in [4.69, 9.17) is 21.8 Å². The minimum absolute atomic E-state index is 0.00678. The fourth-order valence-corrected chi connectivity index (χ4v) is 1.83. The highest BCUT2D eigenvalue weighted by Gasteiger charge is 2.18. The van der Waals surface area contributed by atoms with Crippen molar-refractivity contribution in [1.29, 1.82) is 0 Å². The van der Waals surface area contributed by atoms with Gasteiger partial charge in [0.1, 0.15) is 6.04 Å². The Balaban J connectivity index is 2.47. The number of benzene rings is 1. The predicted molar refractivity (Wildman–Crippen MR) is 71.0 cm³/mol. The van der Waals surface area contributed by atoms with E-state index >= 15 is 0 Å². The smallest absolute Gasteiger partial charge is 0.326 e. The van der Waals surface area contributed by atoms with Gasteiger partial charge in [-0.2, -0.15) is 0 Å². The number of amides is 1. The first kappa shape index (κ1) is 15.5. The van der Waals surface area contributed by atoms with Crippen LogP contribution in [0.5, 0.6) is 0 Å². The molecule has 0 heterocycles. The zero-order valence-electron chi connectivity index (χ0n) is 10.3. The summed E-state index contributed by atoms with van der Waals surface area (Å²) in [5, 5.41) is 20.5. The first-order valence-corrected chi connectivity index (χ1v) is 6.29. The molecule has 0 radical (unpaired) electrons. The van der Waals surface area contributed by atoms with Crippen LogP contribution in [0.1, 0.15) is 18.4 Å². The number of aryl methyl sites for hydroxylation is 1.